The summed E-state index contributed by atoms with van der Waals surface area (Å²) in [6.45, 7) is 7.16. The van der Waals surface area contributed by atoms with Crippen molar-refractivity contribution < 1.29 is 19.1 Å². The zero-order valence-electron chi connectivity index (χ0n) is 19.4. The van der Waals surface area contributed by atoms with Crippen LogP contribution in [0.3, 0.4) is 0 Å². The van der Waals surface area contributed by atoms with Crippen molar-refractivity contribution in [2.24, 2.45) is 11.8 Å². The van der Waals surface area contributed by atoms with Crippen LogP contribution in [0.4, 0.5) is 0 Å². The highest BCUT2D eigenvalue weighted by Crippen LogP contribution is 2.29. The van der Waals surface area contributed by atoms with Crippen LogP contribution in [0.25, 0.3) is 0 Å². The number of rotatable bonds is 7. The maximum Gasteiger partial charge on any atom is 0.310 e. The van der Waals surface area contributed by atoms with Gasteiger partial charge in [0.1, 0.15) is 11.1 Å². The number of hydrogen-bond donors (Lipinski definition) is 1. The number of nitrogens with zero attached hydrogens (tertiary/aromatic N) is 2. The summed E-state index contributed by atoms with van der Waals surface area (Å²) in [6, 6.07) is 0.174. The highest BCUT2D eigenvalue weighted by atomic mass is 16.5. The molecule has 0 aromatic carbocycles. The second-order valence-electron chi connectivity index (χ2n) is 9.25. The summed E-state index contributed by atoms with van der Waals surface area (Å²) in [4.78, 5) is 53.1. The van der Waals surface area contributed by atoms with Crippen molar-refractivity contribution in [2.75, 3.05) is 26.2 Å². The lowest BCUT2D eigenvalue weighted by atomic mass is 9.97. The number of aromatic nitrogens is 1. The van der Waals surface area contributed by atoms with Gasteiger partial charge < -0.3 is 19.5 Å². The van der Waals surface area contributed by atoms with Gasteiger partial charge in [-0.25, -0.2) is 0 Å². The molecular formula is C24H35N3O5. The summed E-state index contributed by atoms with van der Waals surface area (Å²) in [5.41, 5.74) is -0.551. The standard InChI is InChI=1S/C24H35N3O5/c1-4-32-24(31)17-8-7-11-26(13-17)23(30)20-15-27(18-9-5-6-10-18)14-19(21(20)28)22(29)25-12-16(2)3/h14-18H,4-13H2,1-3H3,(H,25,29)/t17-/m0/s1. The minimum Gasteiger partial charge on any atom is -0.466 e. The van der Waals surface area contributed by atoms with E-state index in [1.165, 1.54) is 0 Å². The molecule has 1 aromatic rings. The Hall–Kier alpha value is -2.64. The van der Waals surface area contributed by atoms with Crippen LogP contribution in [0.1, 0.15) is 86.1 Å². The minimum atomic E-state index is -0.552. The SMILES string of the molecule is CCOC(=O)[C@H]1CCCN(C(=O)c2cn(C3CCCC3)cc(C(=O)NCC(C)C)c2=O)C1. The molecule has 1 saturated carbocycles. The number of nitrogens with one attached hydrogen (secondary N) is 1. The maximum atomic E-state index is 13.4. The van der Waals surface area contributed by atoms with Gasteiger partial charge in [-0.15, -0.1) is 0 Å². The van der Waals surface area contributed by atoms with Crippen LogP contribution in [-0.4, -0.2) is 53.5 Å². The van der Waals surface area contributed by atoms with Gasteiger partial charge in [-0.3, -0.25) is 19.2 Å². The molecule has 1 N–H and O–H groups in total. The normalized spacial score (nSPS) is 19.2. The average molecular weight is 446 g/mol. The maximum absolute atomic E-state index is 13.4. The van der Waals surface area contributed by atoms with E-state index < -0.39 is 17.2 Å². The fourth-order valence-corrected chi connectivity index (χ4v) is 4.50. The highest BCUT2D eigenvalue weighted by molar-refractivity contribution is 5.99. The molecule has 1 aromatic heterocycles. The zero-order chi connectivity index (χ0) is 23.3. The zero-order valence-corrected chi connectivity index (χ0v) is 19.4. The molecule has 1 saturated heterocycles. The van der Waals surface area contributed by atoms with Crippen LogP contribution >= 0.6 is 0 Å². The van der Waals surface area contributed by atoms with E-state index in [2.05, 4.69) is 5.32 Å². The predicted molar refractivity (Wildman–Crippen MR) is 121 cm³/mol. The smallest absolute Gasteiger partial charge is 0.310 e. The number of hydrogen-bond acceptors (Lipinski definition) is 5. The number of pyridine rings is 1. The molecule has 2 heterocycles. The first-order valence-corrected chi connectivity index (χ1v) is 11.8. The van der Waals surface area contributed by atoms with E-state index in [4.69, 9.17) is 4.74 Å². The third kappa shape index (κ3) is 5.58. The Bertz CT molecular complexity index is 901. The number of piperidine rings is 1. The van der Waals surface area contributed by atoms with Gasteiger partial charge in [0.05, 0.1) is 12.5 Å². The van der Waals surface area contributed by atoms with Gasteiger partial charge in [-0.05, 0) is 38.5 Å². The third-order valence-electron chi connectivity index (χ3n) is 6.27. The fourth-order valence-electron chi connectivity index (χ4n) is 4.50. The molecule has 2 fully saturated rings. The lowest BCUT2D eigenvalue weighted by Gasteiger charge is -2.31. The summed E-state index contributed by atoms with van der Waals surface area (Å²) in [7, 11) is 0. The van der Waals surface area contributed by atoms with Gasteiger partial charge in [0.2, 0.25) is 5.43 Å². The van der Waals surface area contributed by atoms with Crippen LogP contribution in [0.5, 0.6) is 0 Å². The number of amides is 2. The molecule has 0 radical (unpaired) electrons. The first-order valence-electron chi connectivity index (χ1n) is 11.8. The van der Waals surface area contributed by atoms with Crippen LogP contribution in [0, 0.1) is 11.8 Å². The van der Waals surface area contributed by atoms with Crippen molar-refractivity contribution >= 4 is 17.8 Å². The van der Waals surface area contributed by atoms with Crippen molar-refractivity contribution in [1.82, 2.24) is 14.8 Å². The van der Waals surface area contributed by atoms with E-state index >= 15 is 0 Å². The molecule has 176 valence electrons. The molecule has 1 aliphatic heterocycles. The summed E-state index contributed by atoms with van der Waals surface area (Å²) < 4.78 is 7.00. The van der Waals surface area contributed by atoms with Gasteiger partial charge in [-0.2, -0.15) is 0 Å². The number of likely N-dealkylation sites (tertiary alicyclic amines) is 1. The van der Waals surface area contributed by atoms with Crippen molar-refractivity contribution in [2.45, 2.75) is 65.3 Å². The Labute approximate surface area is 189 Å². The second-order valence-corrected chi connectivity index (χ2v) is 9.25. The van der Waals surface area contributed by atoms with E-state index in [0.29, 0.717) is 32.5 Å². The largest absolute Gasteiger partial charge is 0.466 e. The Morgan fingerprint density at radius 3 is 2.44 bits per heavy atom. The summed E-state index contributed by atoms with van der Waals surface area (Å²) in [6.07, 6.45) is 8.62. The Balaban J connectivity index is 1.91. The molecule has 2 aliphatic rings. The van der Waals surface area contributed by atoms with E-state index in [0.717, 1.165) is 25.7 Å². The monoisotopic (exact) mass is 445 g/mol. The molecular weight excluding hydrogens is 410 g/mol. The molecule has 1 aliphatic carbocycles. The molecule has 8 heteroatoms. The number of ether oxygens (including phenoxy) is 1. The van der Waals surface area contributed by atoms with Crippen LogP contribution in [0.2, 0.25) is 0 Å². The summed E-state index contributed by atoms with van der Waals surface area (Å²) >= 11 is 0. The number of carbonyl (C=O) groups is 3. The molecule has 32 heavy (non-hydrogen) atoms. The summed E-state index contributed by atoms with van der Waals surface area (Å²) in [5.74, 6) is -1.33. The number of esters is 1. The molecule has 2 amide bonds. The Morgan fingerprint density at radius 2 is 1.78 bits per heavy atom. The molecule has 1 atom stereocenters. The molecule has 0 unspecified atom stereocenters. The van der Waals surface area contributed by atoms with Gasteiger partial charge in [0.25, 0.3) is 11.8 Å². The average Bonchev–Trinajstić information content (AvgIpc) is 3.32. The topological polar surface area (TPSA) is 97.7 Å². The lowest BCUT2D eigenvalue weighted by molar-refractivity contribution is -0.149. The molecule has 0 spiro atoms. The van der Waals surface area contributed by atoms with Crippen molar-refractivity contribution in [3.8, 4) is 0 Å². The van der Waals surface area contributed by atoms with Crippen molar-refractivity contribution in [3.05, 3.63) is 33.7 Å². The molecule has 8 nitrogen and oxygen atoms in total. The second kappa shape index (κ2) is 10.8. The van der Waals surface area contributed by atoms with Crippen molar-refractivity contribution in [3.63, 3.8) is 0 Å². The predicted octanol–water partition coefficient (Wildman–Crippen LogP) is 2.76. The van der Waals surface area contributed by atoms with Crippen molar-refractivity contribution in [1.29, 1.82) is 0 Å². The Kier molecular flexibility index (Phi) is 8.10. The molecule has 0 bridgehead atoms. The van der Waals surface area contributed by atoms with E-state index in [1.807, 2.05) is 18.4 Å². The lowest BCUT2D eigenvalue weighted by Crippen LogP contribution is -2.45. The number of carbonyl (C=O) groups excluding carboxylic acids is 3. The third-order valence-corrected chi connectivity index (χ3v) is 6.27. The first kappa shape index (κ1) is 24.0. The van der Waals surface area contributed by atoms with Gasteiger partial charge in [-0.1, -0.05) is 26.7 Å². The van der Waals surface area contributed by atoms with Gasteiger partial charge >= 0.3 is 5.97 Å². The van der Waals surface area contributed by atoms with E-state index in [9.17, 15) is 19.2 Å². The van der Waals surface area contributed by atoms with Crippen LogP contribution < -0.4 is 10.7 Å². The fraction of sp³-hybridized carbons (Fsp3) is 0.667. The molecule has 3 rings (SSSR count). The minimum absolute atomic E-state index is 0.00129. The van der Waals surface area contributed by atoms with E-state index in [-0.39, 0.29) is 41.5 Å². The quantitative estimate of drug-likeness (QED) is 0.651. The Morgan fingerprint density at radius 1 is 1.09 bits per heavy atom. The van der Waals surface area contributed by atoms with E-state index in [1.54, 1.807) is 24.2 Å². The van der Waals surface area contributed by atoms with Crippen LogP contribution in [-0.2, 0) is 9.53 Å². The summed E-state index contributed by atoms with van der Waals surface area (Å²) in [5, 5.41) is 2.80. The van der Waals surface area contributed by atoms with Gasteiger partial charge in [0.15, 0.2) is 0 Å². The van der Waals surface area contributed by atoms with Crippen LogP contribution in [0.15, 0.2) is 17.2 Å². The first-order chi connectivity index (χ1) is 15.3. The van der Waals surface area contributed by atoms with Gasteiger partial charge in [0, 0.05) is 38.1 Å². The highest BCUT2D eigenvalue weighted by Gasteiger charge is 2.32.